The van der Waals surface area contributed by atoms with Crippen molar-refractivity contribution in [2.75, 3.05) is 33.5 Å². The van der Waals surface area contributed by atoms with Crippen LogP contribution in [0.4, 0.5) is 4.79 Å². The van der Waals surface area contributed by atoms with Crippen molar-refractivity contribution >= 4 is 45.7 Å². The lowest BCUT2D eigenvalue weighted by Gasteiger charge is -2.14. The van der Waals surface area contributed by atoms with E-state index in [9.17, 15) is 14.4 Å². The van der Waals surface area contributed by atoms with Crippen molar-refractivity contribution in [2.45, 2.75) is 6.92 Å². The summed E-state index contributed by atoms with van der Waals surface area (Å²) < 4.78 is 21.6. The first-order valence-electron chi connectivity index (χ1n) is 11.3. The van der Waals surface area contributed by atoms with Gasteiger partial charge >= 0.3 is 5.97 Å². The maximum absolute atomic E-state index is 12.9. The van der Waals surface area contributed by atoms with Gasteiger partial charge in [-0.15, -0.1) is 0 Å². The molecule has 1 saturated heterocycles. The minimum atomic E-state index is -0.503. The molecule has 1 heterocycles. The van der Waals surface area contributed by atoms with E-state index in [2.05, 4.69) is 0 Å². The summed E-state index contributed by atoms with van der Waals surface area (Å²) in [6, 6.07) is 18.6. The second kappa shape index (κ2) is 11.6. The molecule has 1 aliphatic rings. The van der Waals surface area contributed by atoms with Gasteiger partial charge in [0.1, 0.15) is 12.4 Å². The molecule has 0 atom stereocenters. The Morgan fingerprint density at radius 3 is 2.58 bits per heavy atom. The van der Waals surface area contributed by atoms with E-state index in [-0.39, 0.29) is 36.5 Å². The smallest absolute Gasteiger partial charge is 0.344 e. The molecule has 1 aliphatic heterocycles. The number of rotatable bonds is 10. The SMILES string of the molecule is CCOC(=O)COc1cc(/C=C2\SC(=O)N(CCOc3cccc4ccccc34)C2=O)ccc1OC. The first-order valence-corrected chi connectivity index (χ1v) is 12.1. The zero-order chi connectivity index (χ0) is 25.5. The molecule has 3 aromatic rings. The van der Waals surface area contributed by atoms with Crippen molar-refractivity contribution in [2.24, 2.45) is 0 Å². The number of ether oxygens (including phenoxy) is 4. The topological polar surface area (TPSA) is 91.4 Å². The standard InChI is InChI=1S/C27H25NO7S/c1-3-33-25(29)17-35-23-15-18(11-12-22(23)32-2)16-24-26(30)28(27(31)36-24)13-14-34-21-10-6-8-19-7-4-5-9-20(19)21/h4-12,15-16H,3,13-14,17H2,1-2H3/b24-16-. The maximum atomic E-state index is 12.9. The number of fused-ring (bicyclic) bond motifs is 1. The van der Waals surface area contributed by atoms with Crippen molar-refractivity contribution in [3.05, 3.63) is 71.1 Å². The second-order valence-electron chi connectivity index (χ2n) is 7.66. The normalized spacial score (nSPS) is 14.4. The van der Waals surface area contributed by atoms with Crippen molar-refractivity contribution < 1.29 is 33.3 Å². The molecule has 0 radical (unpaired) electrons. The third kappa shape index (κ3) is 5.80. The summed E-state index contributed by atoms with van der Waals surface area (Å²) >= 11 is 0.863. The van der Waals surface area contributed by atoms with Crippen LogP contribution in [0.3, 0.4) is 0 Å². The fourth-order valence-electron chi connectivity index (χ4n) is 3.65. The molecule has 0 N–H and O–H groups in total. The largest absolute Gasteiger partial charge is 0.493 e. The molecule has 0 aromatic heterocycles. The van der Waals surface area contributed by atoms with Gasteiger partial charge in [0, 0.05) is 5.39 Å². The monoisotopic (exact) mass is 507 g/mol. The number of benzene rings is 3. The Kier molecular flexibility index (Phi) is 8.12. The lowest BCUT2D eigenvalue weighted by molar-refractivity contribution is -0.145. The Morgan fingerprint density at radius 1 is 0.972 bits per heavy atom. The molecular formula is C27H25NO7S. The quantitative estimate of drug-likeness (QED) is 0.283. The zero-order valence-corrected chi connectivity index (χ0v) is 20.7. The van der Waals surface area contributed by atoms with Crippen LogP contribution < -0.4 is 14.2 Å². The van der Waals surface area contributed by atoms with Gasteiger partial charge in [0.15, 0.2) is 18.1 Å². The number of hydrogen-bond donors (Lipinski definition) is 0. The Balaban J connectivity index is 1.42. The second-order valence-corrected chi connectivity index (χ2v) is 8.66. The van der Waals surface area contributed by atoms with E-state index in [1.807, 2.05) is 42.5 Å². The predicted octanol–water partition coefficient (Wildman–Crippen LogP) is 4.91. The summed E-state index contributed by atoms with van der Waals surface area (Å²) in [5.74, 6) is 0.550. The number of methoxy groups -OCH3 is 1. The van der Waals surface area contributed by atoms with E-state index in [0.29, 0.717) is 22.8 Å². The van der Waals surface area contributed by atoms with Gasteiger partial charge < -0.3 is 18.9 Å². The van der Waals surface area contributed by atoms with Crippen molar-refractivity contribution in [1.29, 1.82) is 0 Å². The van der Waals surface area contributed by atoms with Crippen LogP contribution in [-0.4, -0.2) is 55.5 Å². The van der Waals surface area contributed by atoms with Gasteiger partial charge in [-0.05, 0) is 53.9 Å². The van der Waals surface area contributed by atoms with Gasteiger partial charge in [-0.3, -0.25) is 14.5 Å². The molecule has 0 bridgehead atoms. The molecule has 36 heavy (non-hydrogen) atoms. The number of carbonyl (C=O) groups excluding carboxylic acids is 3. The predicted molar refractivity (Wildman–Crippen MR) is 137 cm³/mol. The van der Waals surface area contributed by atoms with E-state index < -0.39 is 11.9 Å². The van der Waals surface area contributed by atoms with Crippen LogP contribution in [0.15, 0.2) is 65.6 Å². The molecule has 0 spiro atoms. The molecule has 0 unspecified atom stereocenters. The molecule has 1 fully saturated rings. The number of hydrogen-bond acceptors (Lipinski definition) is 8. The molecule has 0 saturated carbocycles. The molecular weight excluding hydrogens is 482 g/mol. The van der Waals surface area contributed by atoms with Crippen molar-refractivity contribution in [3.8, 4) is 17.2 Å². The van der Waals surface area contributed by atoms with Crippen LogP contribution in [-0.2, 0) is 14.3 Å². The molecule has 9 heteroatoms. The Bertz CT molecular complexity index is 1320. The number of carbonyl (C=O) groups is 3. The first-order chi connectivity index (χ1) is 17.5. The number of thioether (sulfide) groups is 1. The molecule has 0 aliphatic carbocycles. The number of nitrogens with zero attached hydrogens (tertiary/aromatic N) is 1. The van der Waals surface area contributed by atoms with Gasteiger partial charge in [-0.1, -0.05) is 42.5 Å². The average Bonchev–Trinajstić information content (AvgIpc) is 3.15. The van der Waals surface area contributed by atoms with E-state index >= 15 is 0 Å². The first kappa shape index (κ1) is 25.1. The Hall–Kier alpha value is -3.98. The highest BCUT2D eigenvalue weighted by atomic mass is 32.2. The molecule has 186 valence electrons. The lowest BCUT2D eigenvalue weighted by Crippen LogP contribution is -2.32. The molecule has 2 amide bonds. The number of imide groups is 1. The van der Waals surface area contributed by atoms with E-state index in [1.165, 1.54) is 12.0 Å². The highest BCUT2D eigenvalue weighted by molar-refractivity contribution is 8.18. The van der Waals surface area contributed by atoms with Gasteiger partial charge in [-0.2, -0.15) is 0 Å². The lowest BCUT2D eigenvalue weighted by atomic mass is 10.1. The Labute approximate surface area is 212 Å². The highest BCUT2D eigenvalue weighted by Crippen LogP contribution is 2.34. The molecule has 8 nitrogen and oxygen atoms in total. The van der Waals surface area contributed by atoms with E-state index in [1.54, 1.807) is 31.2 Å². The highest BCUT2D eigenvalue weighted by Gasteiger charge is 2.34. The van der Waals surface area contributed by atoms with Crippen LogP contribution in [0.2, 0.25) is 0 Å². The van der Waals surface area contributed by atoms with Gasteiger partial charge in [0.25, 0.3) is 11.1 Å². The fraction of sp³-hybridized carbons (Fsp3) is 0.222. The summed E-state index contributed by atoms with van der Waals surface area (Å²) in [7, 11) is 1.48. The van der Waals surface area contributed by atoms with Crippen LogP contribution in [0.1, 0.15) is 12.5 Å². The number of amides is 2. The summed E-state index contributed by atoms with van der Waals surface area (Å²) in [6.45, 7) is 1.99. The van der Waals surface area contributed by atoms with Gasteiger partial charge in [0.2, 0.25) is 0 Å². The minimum absolute atomic E-state index is 0.127. The summed E-state index contributed by atoms with van der Waals surface area (Å²) in [6.07, 6.45) is 1.60. The summed E-state index contributed by atoms with van der Waals surface area (Å²) in [4.78, 5) is 38.5. The average molecular weight is 508 g/mol. The fourth-order valence-corrected chi connectivity index (χ4v) is 4.51. The van der Waals surface area contributed by atoms with Crippen molar-refractivity contribution in [1.82, 2.24) is 4.90 Å². The minimum Gasteiger partial charge on any atom is -0.493 e. The third-order valence-electron chi connectivity index (χ3n) is 5.33. The Morgan fingerprint density at radius 2 is 1.78 bits per heavy atom. The van der Waals surface area contributed by atoms with Gasteiger partial charge in [0.05, 0.1) is 25.2 Å². The van der Waals surface area contributed by atoms with E-state index in [4.69, 9.17) is 18.9 Å². The van der Waals surface area contributed by atoms with E-state index in [0.717, 1.165) is 22.5 Å². The van der Waals surface area contributed by atoms with Crippen LogP contribution in [0, 0.1) is 0 Å². The molecule has 3 aromatic carbocycles. The maximum Gasteiger partial charge on any atom is 0.344 e. The van der Waals surface area contributed by atoms with Crippen LogP contribution >= 0.6 is 11.8 Å². The number of esters is 1. The third-order valence-corrected chi connectivity index (χ3v) is 6.24. The molecule has 4 rings (SSSR count). The zero-order valence-electron chi connectivity index (χ0n) is 19.9. The van der Waals surface area contributed by atoms with Crippen LogP contribution in [0.5, 0.6) is 17.2 Å². The van der Waals surface area contributed by atoms with Gasteiger partial charge in [-0.25, -0.2) is 4.79 Å². The summed E-state index contributed by atoms with van der Waals surface area (Å²) in [5, 5.41) is 1.66. The van der Waals surface area contributed by atoms with Crippen molar-refractivity contribution in [3.63, 3.8) is 0 Å². The summed E-state index contributed by atoms with van der Waals surface area (Å²) in [5.41, 5.74) is 0.618. The van der Waals surface area contributed by atoms with Crippen LogP contribution in [0.25, 0.3) is 16.8 Å².